The van der Waals surface area contributed by atoms with Crippen molar-refractivity contribution >= 4 is 12.0 Å². The Kier molecular flexibility index (Phi) is 6.76. The van der Waals surface area contributed by atoms with Crippen molar-refractivity contribution in [1.82, 2.24) is 0 Å². The standard InChI is InChI=1S/C14H18O4/c1-17-9-4-10-18-11-13-6-3-2-5-12(13)7-8-14(15)16/h2-3,5-8H,4,9-11H2,1H3,(H,15,16). The summed E-state index contributed by atoms with van der Waals surface area (Å²) in [5.74, 6) is -0.953. The molecule has 0 radical (unpaired) electrons. The summed E-state index contributed by atoms with van der Waals surface area (Å²) in [6.07, 6.45) is 3.56. The van der Waals surface area contributed by atoms with Gasteiger partial charge in [0.1, 0.15) is 0 Å². The predicted molar refractivity (Wildman–Crippen MR) is 69.3 cm³/mol. The number of carboxylic acid groups (broad SMARTS) is 1. The Hall–Kier alpha value is -1.65. The van der Waals surface area contributed by atoms with Crippen LogP contribution in [-0.2, 0) is 20.9 Å². The summed E-state index contributed by atoms with van der Waals surface area (Å²) in [6, 6.07) is 7.58. The van der Waals surface area contributed by atoms with E-state index in [1.165, 1.54) is 0 Å². The Morgan fingerprint density at radius 1 is 1.33 bits per heavy atom. The molecule has 98 valence electrons. The second-order valence-corrected chi connectivity index (χ2v) is 3.77. The van der Waals surface area contributed by atoms with Gasteiger partial charge in [0.2, 0.25) is 0 Å². The Bertz CT molecular complexity index is 399. The van der Waals surface area contributed by atoms with E-state index in [0.717, 1.165) is 23.6 Å². The lowest BCUT2D eigenvalue weighted by Gasteiger charge is -2.07. The van der Waals surface area contributed by atoms with Crippen molar-refractivity contribution in [3.63, 3.8) is 0 Å². The highest BCUT2D eigenvalue weighted by Crippen LogP contribution is 2.12. The average Bonchev–Trinajstić information content (AvgIpc) is 2.37. The fraction of sp³-hybridized carbons (Fsp3) is 0.357. The molecule has 18 heavy (non-hydrogen) atoms. The summed E-state index contributed by atoms with van der Waals surface area (Å²) >= 11 is 0. The molecule has 1 N–H and O–H groups in total. The third kappa shape index (κ3) is 5.61. The molecule has 0 heterocycles. The van der Waals surface area contributed by atoms with Crippen molar-refractivity contribution in [3.05, 3.63) is 41.5 Å². The van der Waals surface area contributed by atoms with E-state index in [9.17, 15) is 4.79 Å². The van der Waals surface area contributed by atoms with Crippen LogP contribution in [0.5, 0.6) is 0 Å². The molecular formula is C14H18O4. The zero-order chi connectivity index (χ0) is 13.2. The molecule has 0 saturated heterocycles. The normalized spacial score (nSPS) is 10.9. The molecule has 0 spiro atoms. The van der Waals surface area contributed by atoms with Crippen molar-refractivity contribution in [2.45, 2.75) is 13.0 Å². The van der Waals surface area contributed by atoms with Gasteiger partial charge in [-0.1, -0.05) is 24.3 Å². The van der Waals surface area contributed by atoms with Gasteiger partial charge in [0.15, 0.2) is 0 Å². The molecule has 0 aromatic heterocycles. The molecule has 0 atom stereocenters. The minimum absolute atomic E-state index is 0.476. The van der Waals surface area contributed by atoms with E-state index in [1.54, 1.807) is 13.2 Å². The van der Waals surface area contributed by atoms with Crippen molar-refractivity contribution in [2.24, 2.45) is 0 Å². The monoisotopic (exact) mass is 250 g/mol. The van der Waals surface area contributed by atoms with E-state index in [0.29, 0.717) is 19.8 Å². The van der Waals surface area contributed by atoms with Gasteiger partial charge in [0.05, 0.1) is 6.61 Å². The van der Waals surface area contributed by atoms with Gasteiger partial charge in [-0.2, -0.15) is 0 Å². The summed E-state index contributed by atoms with van der Waals surface area (Å²) in [5.41, 5.74) is 1.85. The van der Waals surface area contributed by atoms with E-state index in [4.69, 9.17) is 14.6 Å². The van der Waals surface area contributed by atoms with E-state index in [-0.39, 0.29) is 0 Å². The highest BCUT2D eigenvalue weighted by molar-refractivity contribution is 5.85. The van der Waals surface area contributed by atoms with Gasteiger partial charge in [0, 0.05) is 26.4 Å². The zero-order valence-electron chi connectivity index (χ0n) is 10.5. The first-order valence-electron chi connectivity index (χ1n) is 5.79. The quantitative estimate of drug-likeness (QED) is 0.568. The maximum atomic E-state index is 10.5. The van der Waals surface area contributed by atoms with Gasteiger partial charge in [-0.3, -0.25) is 0 Å². The van der Waals surface area contributed by atoms with Crippen LogP contribution in [-0.4, -0.2) is 31.4 Å². The number of hydrogen-bond donors (Lipinski definition) is 1. The van der Waals surface area contributed by atoms with Crippen molar-refractivity contribution < 1.29 is 19.4 Å². The van der Waals surface area contributed by atoms with Crippen LogP contribution < -0.4 is 0 Å². The minimum atomic E-state index is -0.953. The third-order valence-corrected chi connectivity index (χ3v) is 2.36. The SMILES string of the molecule is COCCCOCc1ccccc1C=CC(=O)O. The summed E-state index contributed by atoms with van der Waals surface area (Å²) in [7, 11) is 1.66. The number of methoxy groups -OCH3 is 1. The van der Waals surface area contributed by atoms with Gasteiger partial charge in [-0.15, -0.1) is 0 Å². The number of carbonyl (C=O) groups is 1. The largest absolute Gasteiger partial charge is 0.478 e. The van der Waals surface area contributed by atoms with E-state index >= 15 is 0 Å². The van der Waals surface area contributed by atoms with Gasteiger partial charge in [-0.05, 0) is 23.6 Å². The van der Waals surface area contributed by atoms with E-state index in [1.807, 2.05) is 24.3 Å². The van der Waals surface area contributed by atoms with Crippen LogP contribution >= 0.6 is 0 Å². The van der Waals surface area contributed by atoms with Crippen molar-refractivity contribution in [2.75, 3.05) is 20.3 Å². The molecule has 1 rings (SSSR count). The molecule has 4 heteroatoms. The van der Waals surface area contributed by atoms with Crippen molar-refractivity contribution in [1.29, 1.82) is 0 Å². The summed E-state index contributed by atoms with van der Waals surface area (Å²) < 4.78 is 10.4. The zero-order valence-corrected chi connectivity index (χ0v) is 10.5. The molecule has 0 saturated carbocycles. The lowest BCUT2D eigenvalue weighted by molar-refractivity contribution is -0.131. The maximum Gasteiger partial charge on any atom is 0.328 e. The van der Waals surface area contributed by atoms with E-state index in [2.05, 4.69) is 0 Å². The van der Waals surface area contributed by atoms with E-state index < -0.39 is 5.97 Å². The predicted octanol–water partition coefficient (Wildman–Crippen LogP) is 2.34. The second-order valence-electron chi connectivity index (χ2n) is 3.77. The molecule has 0 aliphatic carbocycles. The number of carboxylic acids is 1. The third-order valence-electron chi connectivity index (χ3n) is 2.36. The van der Waals surface area contributed by atoms with Crippen LogP contribution in [0.1, 0.15) is 17.5 Å². The summed E-state index contributed by atoms with van der Waals surface area (Å²) in [5, 5.41) is 8.61. The van der Waals surface area contributed by atoms with Crippen LogP contribution in [0.3, 0.4) is 0 Å². The van der Waals surface area contributed by atoms with Gasteiger partial charge in [0.25, 0.3) is 0 Å². The molecule has 0 amide bonds. The first-order valence-corrected chi connectivity index (χ1v) is 5.79. The first kappa shape index (κ1) is 14.4. The highest BCUT2D eigenvalue weighted by Gasteiger charge is 1.99. The summed E-state index contributed by atoms with van der Waals surface area (Å²) in [6.45, 7) is 1.79. The van der Waals surface area contributed by atoms with Crippen LogP contribution in [0.4, 0.5) is 0 Å². The number of ether oxygens (including phenoxy) is 2. The van der Waals surface area contributed by atoms with Crippen LogP contribution in [0.15, 0.2) is 30.3 Å². The molecule has 1 aromatic rings. The molecule has 0 unspecified atom stereocenters. The van der Waals surface area contributed by atoms with Gasteiger partial charge < -0.3 is 14.6 Å². The molecule has 0 aliphatic rings. The number of hydrogen-bond acceptors (Lipinski definition) is 3. The molecular weight excluding hydrogens is 232 g/mol. The number of benzene rings is 1. The minimum Gasteiger partial charge on any atom is -0.478 e. The van der Waals surface area contributed by atoms with Crippen LogP contribution in [0.25, 0.3) is 6.08 Å². The topological polar surface area (TPSA) is 55.8 Å². The Labute approximate surface area is 107 Å². The number of rotatable bonds is 8. The Balaban J connectivity index is 2.51. The maximum absolute atomic E-state index is 10.5. The molecule has 0 aliphatic heterocycles. The van der Waals surface area contributed by atoms with Crippen LogP contribution in [0, 0.1) is 0 Å². The van der Waals surface area contributed by atoms with Gasteiger partial charge >= 0.3 is 5.97 Å². The molecule has 0 bridgehead atoms. The second kappa shape index (κ2) is 8.44. The fourth-order valence-electron chi connectivity index (χ4n) is 1.48. The fourth-order valence-corrected chi connectivity index (χ4v) is 1.48. The Morgan fingerprint density at radius 3 is 2.83 bits per heavy atom. The van der Waals surface area contributed by atoms with Gasteiger partial charge in [-0.25, -0.2) is 4.79 Å². The molecule has 4 nitrogen and oxygen atoms in total. The van der Waals surface area contributed by atoms with Crippen molar-refractivity contribution in [3.8, 4) is 0 Å². The average molecular weight is 250 g/mol. The lowest BCUT2D eigenvalue weighted by Crippen LogP contribution is -2.00. The lowest BCUT2D eigenvalue weighted by atomic mass is 10.1. The molecule has 0 fully saturated rings. The molecule has 1 aromatic carbocycles. The number of aliphatic carboxylic acids is 1. The Morgan fingerprint density at radius 2 is 2.11 bits per heavy atom. The smallest absolute Gasteiger partial charge is 0.328 e. The first-order chi connectivity index (χ1) is 8.74. The summed E-state index contributed by atoms with van der Waals surface area (Å²) in [4.78, 5) is 10.5. The van der Waals surface area contributed by atoms with Crippen LogP contribution in [0.2, 0.25) is 0 Å². The highest BCUT2D eigenvalue weighted by atomic mass is 16.5.